The summed E-state index contributed by atoms with van der Waals surface area (Å²) < 4.78 is 38.2. The second kappa shape index (κ2) is 8.29. The maximum Gasteiger partial charge on any atom is 0.453 e. The third-order valence-electron chi connectivity index (χ3n) is 3.12. The van der Waals surface area contributed by atoms with Gasteiger partial charge in [-0.1, -0.05) is 23.9 Å². The fraction of sp³-hybridized carbons (Fsp3) is 0.333. The lowest BCUT2D eigenvalue weighted by Crippen LogP contribution is -2.31. The van der Waals surface area contributed by atoms with Crippen LogP contribution in [0.25, 0.3) is 0 Å². The third kappa shape index (κ3) is 5.36. The highest BCUT2D eigenvalue weighted by atomic mass is 32.2. The van der Waals surface area contributed by atoms with Crippen molar-refractivity contribution in [2.24, 2.45) is 0 Å². The van der Waals surface area contributed by atoms with E-state index in [1.54, 1.807) is 38.1 Å². The van der Waals surface area contributed by atoms with E-state index in [1.807, 2.05) is 0 Å². The zero-order valence-corrected chi connectivity index (χ0v) is 15.2. The number of thioether (sulfide) groups is 1. The number of halogens is 3. The number of nitrogen functional groups attached to an aromatic ring is 1. The molecule has 0 aliphatic carbocycles. The summed E-state index contributed by atoms with van der Waals surface area (Å²) in [5.74, 6) is 2.78. The third-order valence-corrected chi connectivity index (χ3v) is 4.06. The highest BCUT2D eigenvalue weighted by Gasteiger charge is 2.38. The molecule has 8 nitrogen and oxygen atoms in total. The van der Waals surface area contributed by atoms with E-state index in [4.69, 9.17) is 5.84 Å². The first-order chi connectivity index (χ1) is 12.6. The predicted molar refractivity (Wildman–Crippen MR) is 93.6 cm³/mol. The average molecular weight is 402 g/mol. The molecule has 2 amide bonds. The van der Waals surface area contributed by atoms with Gasteiger partial charge in [-0.05, 0) is 26.0 Å². The number of alkyl halides is 3. The predicted octanol–water partition coefficient (Wildman–Crippen LogP) is 1.88. The lowest BCUT2D eigenvalue weighted by Gasteiger charge is -2.13. The number of benzene rings is 1. The molecule has 0 unspecified atom stereocenters. The number of hydrogen-bond acceptors (Lipinski definition) is 6. The van der Waals surface area contributed by atoms with Crippen molar-refractivity contribution in [1.29, 1.82) is 0 Å². The molecular weight excluding hydrogens is 385 g/mol. The van der Waals surface area contributed by atoms with Crippen LogP contribution in [0.2, 0.25) is 0 Å². The first-order valence-electron chi connectivity index (χ1n) is 7.69. The molecule has 0 spiro atoms. The highest BCUT2D eigenvalue weighted by Crippen LogP contribution is 2.28. The van der Waals surface area contributed by atoms with Gasteiger partial charge in [-0.15, -0.1) is 10.2 Å². The summed E-state index contributed by atoms with van der Waals surface area (Å²) in [4.78, 5) is 24.3. The van der Waals surface area contributed by atoms with E-state index in [2.05, 4.69) is 20.8 Å². The molecule has 2 rings (SSSR count). The summed E-state index contributed by atoms with van der Waals surface area (Å²) in [6.45, 7) is 3.60. The van der Waals surface area contributed by atoms with Gasteiger partial charge in [0.1, 0.15) is 0 Å². The van der Waals surface area contributed by atoms with Crippen molar-refractivity contribution < 1.29 is 22.8 Å². The Labute approximate surface area is 156 Å². The molecule has 0 aliphatic rings. The smallest absolute Gasteiger partial charge is 0.350 e. The summed E-state index contributed by atoms with van der Waals surface area (Å²) in [5, 5.41) is 11.3. The van der Waals surface area contributed by atoms with Gasteiger partial charge >= 0.3 is 6.18 Å². The summed E-state index contributed by atoms with van der Waals surface area (Å²) in [7, 11) is 0. The van der Waals surface area contributed by atoms with Crippen LogP contribution in [-0.2, 0) is 11.0 Å². The average Bonchev–Trinajstić information content (AvgIpc) is 2.93. The maximum atomic E-state index is 12.6. The van der Waals surface area contributed by atoms with Crippen LogP contribution in [0.1, 0.15) is 30.0 Å². The second-order valence-electron chi connectivity index (χ2n) is 5.68. The van der Waals surface area contributed by atoms with E-state index >= 15 is 0 Å². The summed E-state index contributed by atoms with van der Waals surface area (Å²) >= 11 is 0.688. The van der Waals surface area contributed by atoms with Gasteiger partial charge in [0.2, 0.25) is 11.1 Å². The molecule has 0 radical (unpaired) electrons. The number of carbonyl (C=O) groups excluding carboxylic acids is 2. The van der Waals surface area contributed by atoms with E-state index in [1.165, 1.54) is 0 Å². The van der Waals surface area contributed by atoms with E-state index in [0.29, 0.717) is 11.8 Å². The maximum absolute atomic E-state index is 12.6. The highest BCUT2D eigenvalue weighted by molar-refractivity contribution is 7.99. The molecule has 0 saturated heterocycles. The Morgan fingerprint density at radius 1 is 1.26 bits per heavy atom. The molecule has 1 aromatic carbocycles. The van der Waals surface area contributed by atoms with Crippen molar-refractivity contribution in [2.75, 3.05) is 16.9 Å². The van der Waals surface area contributed by atoms with Crippen LogP contribution >= 0.6 is 11.8 Å². The van der Waals surface area contributed by atoms with Crippen molar-refractivity contribution >= 4 is 29.3 Å². The number of aromatic nitrogens is 3. The van der Waals surface area contributed by atoms with Crippen molar-refractivity contribution in [3.63, 3.8) is 0 Å². The van der Waals surface area contributed by atoms with E-state index in [-0.39, 0.29) is 38.8 Å². The van der Waals surface area contributed by atoms with E-state index < -0.39 is 17.9 Å². The number of nitrogens with one attached hydrogen (secondary N) is 2. The standard InChI is InChI=1S/C15H17F3N6O2S/c1-8(2)20-12(26)9-5-3-4-6-10(9)21-11(25)7-27-14-23-22-13(24(14)19)15(16,17)18/h3-6,8H,7,19H2,1-2H3,(H,20,26)(H,21,25). The molecule has 4 N–H and O–H groups in total. The minimum atomic E-state index is -4.74. The number of rotatable bonds is 6. The van der Waals surface area contributed by atoms with Gasteiger partial charge in [0.15, 0.2) is 0 Å². The van der Waals surface area contributed by atoms with Gasteiger partial charge in [0.05, 0.1) is 17.0 Å². The topological polar surface area (TPSA) is 115 Å². The Hall–Kier alpha value is -2.76. The zero-order chi connectivity index (χ0) is 20.2. The number of carbonyl (C=O) groups is 2. The first-order valence-corrected chi connectivity index (χ1v) is 8.68. The lowest BCUT2D eigenvalue weighted by atomic mass is 10.1. The molecule has 12 heteroatoms. The Kier molecular flexibility index (Phi) is 6.31. The van der Waals surface area contributed by atoms with Crippen molar-refractivity contribution in [2.45, 2.75) is 31.2 Å². The van der Waals surface area contributed by atoms with Gasteiger partial charge in [-0.3, -0.25) is 9.59 Å². The quantitative estimate of drug-likeness (QED) is 0.502. The minimum Gasteiger partial charge on any atom is -0.350 e. The Balaban J connectivity index is 2.03. The SMILES string of the molecule is CC(C)NC(=O)c1ccccc1NC(=O)CSc1nnc(C(F)(F)F)n1N. The molecule has 0 fully saturated rings. The monoisotopic (exact) mass is 402 g/mol. The van der Waals surface area contributed by atoms with Gasteiger partial charge in [-0.25, -0.2) is 4.68 Å². The van der Waals surface area contributed by atoms with Crippen LogP contribution in [0, 0.1) is 0 Å². The van der Waals surface area contributed by atoms with Gasteiger partial charge in [0.25, 0.3) is 11.7 Å². The molecule has 146 valence electrons. The summed E-state index contributed by atoms with van der Waals surface area (Å²) in [6.07, 6.45) is -4.74. The van der Waals surface area contributed by atoms with Crippen molar-refractivity contribution in [1.82, 2.24) is 20.2 Å². The molecule has 0 atom stereocenters. The largest absolute Gasteiger partial charge is 0.453 e. The van der Waals surface area contributed by atoms with Crippen LogP contribution in [0.3, 0.4) is 0 Å². The number of nitrogens with two attached hydrogens (primary N) is 1. The van der Waals surface area contributed by atoms with Crippen LogP contribution in [0.5, 0.6) is 0 Å². The van der Waals surface area contributed by atoms with Crippen LogP contribution in [-0.4, -0.2) is 38.5 Å². The number of para-hydroxylation sites is 1. The van der Waals surface area contributed by atoms with Crippen LogP contribution in [0.15, 0.2) is 29.4 Å². The van der Waals surface area contributed by atoms with Crippen molar-refractivity contribution in [3.8, 4) is 0 Å². The van der Waals surface area contributed by atoms with Crippen LogP contribution < -0.4 is 16.5 Å². The van der Waals surface area contributed by atoms with Crippen molar-refractivity contribution in [3.05, 3.63) is 35.7 Å². The fourth-order valence-corrected chi connectivity index (χ4v) is 2.67. The number of amides is 2. The Morgan fingerprint density at radius 3 is 2.52 bits per heavy atom. The first kappa shape index (κ1) is 20.6. The van der Waals surface area contributed by atoms with Gasteiger partial charge in [-0.2, -0.15) is 13.2 Å². The van der Waals surface area contributed by atoms with Crippen LogP contribution in [0.4, 0.5) is 18.9 Å². The summed E-state index contributed by atoms with van der Waals surface area (Å²) in [5.41, 5.74) is 0.553. The molecule has 27 heavy (non-hydrogen) atoms. The molecule has 0 aliphatic heterocycles. The lowest BCUT2D eigenvalue weighted by molar-refractivity contribution is -0.146. The second-order valence-corrected chi connectivity index (χ2v) is 6.63. The Morgan fingerprint density at radius 2 is 1.93 bits per heavy atom. The molecule has 2 aromatic rings. The molecular formula is C15H17F3N6O2S. The molecule has 1 aromatic heterocycles. The summed E-state index contributed by atoms with van der Waals surface area (Å²) in [6, 6.07) is 6.30. The molecule has 1 heterocycles. The van der Waals surface area contributed by atoms with Gasteiger partial charge in [0, 0.05) is 6.04 Å². The number of nitrogens with zero attached hydrogens (tertiary/aromatic N) is 3. The molecule has 0 bridgehead atoms. The fourth-order valence-electron chi connectivity index (χ4n) is 2.02. The molecule has 0 saturated carbocycles. The number of anilines is 1. The number of hydrogen-bond donors (Lipinski definition) is 3. The zero-order valence-electron chi connectivity index (χ0n) is 14.4. The van der Waals surface area contributed by atoms with Gasteiger partial charge < -0.3 is 16.5 Å². The van der Waals surface area contributed by atoms with E-state index in [9.17, 15) is 22.8 Å². The Bertz CT molecular complexity index is 837. The minimum absolute atomic E-state index is 0.0874. The normalized spacial score (nSPS) is 11.5. The van der Waals surface area contributed by atoms with E-state index in [0.717, 1.165) is 0 Å².